The van der Waals surface area contributed by atoms with E-state index in [2.05, 4.69) is 23.9 Å². The Morgan fingerprint density at radius 2 is 2.00 bits per heavy atom. The maximum atomic E-state index is 7.16. The number of hydrogen-bond acceptors (Lipinski definition) is 3. The van der Waals surface area contributed by atoms with Crippen LogP contribution < -0.4 is 5.73 Å². The third-order valence-corrected chi connectivity index (χ3v) is 3.52. The highest BCUT2D eigenvalue weighted by Crippen LogP contribution is 2.14. The highest BCUT2D eigenvalue weighted by molar-refractivity contribution is 5.76. The van der Waals surface area contributed by atoms with Crippen molar-refractivity contribution in [2.45, 2.75) is 38.1 Å². The summed E-state index contributed by atoms with van der Waals surface area (Å²) in [5, 5.41) is 7.16. The average Bonchev–Trinajstić information content (AvgIpc) is 2.25. The number of likely N-dealkylation sites (tertiary alicyclic amines) is 1. The lowest BCUT2D eigenvalue weighted by Gasteiger charge is -2.35. The highest BCUT2D eigenvalue weighted by Gasteiger charge is 2.19. The van der Waals surface area contributed by atoms with Crippen LogP contribution in [-0.4, -0.2) is 55.4 Å². The molecule has 1 fully saturated rings. The zero-order chi connectivity index (χ0) is 12.0. The number of rotatable bonds is 6. The molecule has 0 bridgehead atoms. The van der Waals surface area contributed by atoms with Gasteiger partial charge in [-0.1, -0.05) is 0 Å². The first kappa shape index (κ1) is 13.5. The summed E-state index contributed by atoms with van der Waals surface area (Å²) in [5.41, 5.74) is 5.33. The molecule has 0 aliphatic carbocycles. The standard InChI is InChI=1S/C12H26N4/c1-15-9-6-11(7-10-15)16(2)8-4-3-5-12(13)14/h11H,3-10H2,1-2H3,(H3,13,14). The van der Waals surface area contributed by atoms with Gasteiger partial charge in [0.1, 0.15) is 0 Å². The Bertz CT molecular complexity index is 209. The van der Waals surface area contributed by atoms with Crippen LogP contribution in [0, 0.1) is 5.41 Å². The summed E-state index contributed by atoms with van der Waals surface area (Å²) < 4.78 is 0. The summed E-state index contributed by atoms with van der Waals surface area (Å²) in [4.78, 5) is 4.88. The number of piperidine rings is 1. The van der Waals surface area contributed by atoms with Gasteiger partial charge in [-0.2, -0.15) is 0 Å². The van der Waals surface area contributed by atoms with Gasteiger partial charge in [0.2, 0.25) is 0 Å². The van der Waals surface area contributed by atoms with Crippen molar-refractivity contribution in [3.05, 3.63) is 0 Å². The minimum Gasteiger partial charge on any atom is -0.388 e. The molecule has 0 atom stereocenters. The van der Waals surface area contributed by atoms with Crippen LogP contribution in [0.25, 0.3) is 0 Å². The van der Waals surface area contributed by atoms with Gasteiger partial charge >= 0.3 is 0 Å². The Kier molecular flexibility index (Phi) is 5.77. The topological polar surface area (TPSA) is 56.4 Å². The van der Waals surface area contributed by atoms with Crippen molar-refractivity contribution in [3.63, 3.8) is 0 Å². The van der Waals surface area contributed by atoms with E-state index in [1.54, 1.807) is 0 Å². The van der Waals surface area contributed by atoms with Crippen LogP contribution >= 0.6 is 0 Å². The van der Waals surface area contributed by atoms with Crippen LogP contribution in [0.3, 0.4) is 0 Å². The minimum atomic E-state index is 0.321. The van der Waals surface area contributed by atoms with Crippen molar-refractivity contribution in [1.29, 1.82) is 5.41 Å². The fourth-order valence-electron chi connectivity index (χ4n) is 2.29. The van der Waals surface area contributed by atoms with Crippen LogP contribution in [0.1, 0.15) is 32.1 Å². The monoisotopic (exact) mass is 226 g/mol. The number of nitrogens with two attached hydrogens (primary N) is 1. The molecule has 4 heteroatoms. The molecular weight excluding hydrogens is 200 g/mol. The molecule has 1 rings (SSSR count). The fourth-order valence-corrected chi connectivity index (χ4v) is 2.29. The average molecular weight is 226 g/mol. The summed E-state index contributed by atoms with van der Waals surface area (Å²) in [6.07, 6.45) is 5.54. The molecule has 16 heavy (non-hydrogen) atoms. The summed E-state index contributed by atoms with van der Waals surface area (Å²) >= 11 is 0. The van der Waals surface area contributed by atoms with Crippen LogP contribution in [0.5, 0.6) is 0 Å². The smallest absolute Gasteiger partial charge is 0.0905 e. The van der Waals surface area contributed by atoms with Crippen molar-refractivity contribution >= 4 is 5.84 Å². The normalized spacial score (nSPS) is 19.2. The van der Waals surface area contributed by atoms with Gasteiger partial charge in [0.15, 0.2) is 0 Å². The molecule has 0 radical (unpaired) electrons. The van der Waals surface area contributed by atoms with Crippen LogP contribution in [-0.2, 0) is 0 Å². The van der Waals surface area contributed by atoms with Gasteiger partial charge in [-0.3, -0.25) is 5.41 Å². The van der Waals surface area contributed by atoms with Gasteiger partial charge in [-0.05, 0) is 59.4 Å². The second-order valence-corrected chi connectivity index (χ2v) is 5.00. The van der Waals surface area contributed by atoms with Crippen molar-refractivity contribution in [2.75, 3.05) is 33.7 Å². The quantitative estimate of drug-likeness (QED) is 0.405. The lowest BCUT2D eigenvalue weighted by Crippen LogP contribution is -2.42. The molecule has 0 aromatic rings. The third-order valence-electron chi connectivity index (χ3n) is 3.52. The van der Waals surface area contributed by atoms with E-state index in [1.807, 2.05) is 0 Å². The zero-order valence-corrected chi connectivity index (χ0v) is 10.7. The van der Waals surface area contributed by atoms with Crippen molar-refractivity contribution in [3.8, 4) is 0 Å². The van der Waals surface area contributed by atoms with E-state index in [1.165, 1.54) is 25.9 Å². The number of nitrogens with zero attached hydrogens (tertiary/aromatic N) is 2. The SMILES string of the molecule is CN1CCC(N(C)CCCCC(=N)N)CC1. The number of unbranched alkanes of at least 4 members (excludes halogenated alkanes) is 1. The predicted molar refractivity (Wildman–Crippen MR) is 68.9 cm³/mol. The molecule has 0 aromatic carbocycles. The third kappa shape index (κ3) is 4.94. The predicted octanol–water partition coefficient (Wildman–Crippen LogP) is 1.12. The summed E-state index contributed by atoms with van der Waals surface area (Å²) in [7, 11) is 4.42. The number of hydrogen-bond donors (Lipinski definition) is 2. The van der Waals surface area contributed by atoms with Gasteiger partial charge in [-0.25, -0.2) is 0 Å². The van der Waals surface area contributed by atoms with E-state index in [9.17, 15) is 0 Å². The van der Waals surface area contributed by atoms with Crippen molar-refractivity contribution < 1.29 is 0 Å². The molecule has 3 N–H and O–H groups in total. The van der Waals surface area contributed by atoms with Crippen molar-refractivity contribution in [2.24, 2.45) is 5.73 Å². The van der Waals surface area contributed by atoms with Gasteiger partial charge in [0.05, 0.1) is 5.84 Å². The molecule has 1 aliphatic rings. The van der Waals surface area contributed by atoms with Crippen LogP contribution in [0.4, 0.5) is 0 Å². The maximum Gasteiger partial charge on any atom is 0.0905 e. The Labute approximate surface area is 99.3 Å². The Morgan fingerprint density at radius 1 is 1.38 bits per heavy atom. The molecule has 1 aliphatic heterocycles. The molecule has 1 saturated heterocycles. The Morgan fingerprint density at radius 3 is 2.56 bits per heavy atom. The summed E-state index contributed by atoms with van der Waals surface area (Å²) in [6, 6.07) is 0.758. The molecule has 4 nitrogen and oxygen atoms in total. The van der Waals surface area contributed by atoms with E-state index in [0.29, 0.717) is 5.84 Å². The van der Waals surface area contributed by atoms with Crippen LogP contribution in [0.15, 0.2) is 0 Å². The zero-order valence-electron chi connectivity index (χ0n) is 10.7. The Hall–Kier alpha value is -0.610. The molecule has 0 saturated carbocycles. The highest BCUT2D eigenvalue weighted by atomic mass is 15.2. The van der Waals surface area contributed by atoms with Gasteiger partial charge in [0.25, 0.3) is 0 Å². The summed E-state index contributed by atoms with van der Waals surface area (Å²) in [6.45, 7) is 3.59. The first-order chi connectivity index (χ1) is 7.59. The van der Waals surface area contributed by atoms with Crippen molar-refractivity contribution in [1.82, 2.24) is 9.80 Å². The molecule has 94 valence electrons. The summed E-state index contributed by atoms with van der Waals surface area (Å²) in [5.74, 6) is 0.321. The lowest BCUT2D eigenvalue weighted by atomic mass is 10.0. The molecule has 0 spiro atoms. The van der Waals surface area contributed by atoms with Crippen LogP contribution in [0.2, 0.25) is 0 Å². The van der Waals surface area contributed by atoms with E-state index < -0.39 is 0 Å². The fraction of sp³-hybridized carbons (Fsp3) is 0.917. The van der Waals surface area contributed by atoms with Gasteiger partial charge < -0.3 is 15.5 Å². The first-order valence-electron chi connectivity index (χ1n) is 6.31. The Balaban J connectivity index is 2.10. The van der Waals surface area contributed by atoms with E-state index in [0.717, 1.165) is 31.8 Å². The number of amidine groups is 1. The second-order valence-electron chi connectivity index (χ2n) is 5.00. The van der Waals surface area contributed by atoms with E-state index in [4.69, 9.17) is 11.1 Å². The van der Waals surface area contributed by atoms with Gasteiger partial charge in [0, 0.05) is 12.5 Å². The van der Waals surface area contributed by atoms with Gasteiger partial charge in [-0.15, -0.1) is 0 Å². The molecule has 0 amide bonds. The second kappa shape index (κ2) is 6.86. The van der Waals surface area contributed by atoms with E-state index in [-0.39, 0.29) is 0 Å². The first-order valence-corrected chi connectivity index (χ1v) is 6.31. The minimum absolute atomic E-state index is 0.321. The maximum absolute atomic E-state index is 7.16. The molecule has 1 heterocycles. The lowest BCUT2D eigenvalue weighted by molar-refractivity contribution is 0.143. The number of nitrogens with one attached hydrogen (secondary N) is 1. The molecular formula is C12H26N4. The largest absolute Gasteiger partial charge is 0.388 e. The molecule has 0 aromatic heterocycles. The molecule has 0 unspecified atom stereocenters. The van der Waals surface area contributed by atoms with E-state index >= 15 is 0 Å².